The number of sulfonamides is 1. The minimum absolute atomic E-state index is 0.165. The Hall–Kier alpha value is -3.10. The Kier molecular flexibility index (Phi) is 5.58. The summed E-state index contributed by atoms with van der Waals surface area (Å²) < 4.78 is 28.3. The molecule has 0 aromatic heterocycles. The van der Waals surface area contributed by atoms with E-state index < -0.39 is 10.0 Å². The first kappa shape index (κ1) is 18.7. The molecule has 0 saturated heterocycles. The van der Waals surface area contributed by atoms with E-state index in [1.165, 1.54) is 10.4 Å². The molecule has 0 heterocycles. The first-order valence-corrected chi connectivity index (χ1v) is 10.1. The predicted octanol–water partition coefficient (Wildman–Crippen LogP) is 4.30. The summed E-state index contributed by atoms with van der Waals surface area (Å²) in [5.41, 5.74) is 2.62. The molecule has 0 atom stereocenters. The van der Waals surface area contributed by atoms with Gasteiger partial charge in [0.15, 0.2) is 0 Å². The summed E-state index contributed by atoms with van der Waals surface area (Å²) in [6, 6.07) is 25.6. The molecule has 0 aliphatic rings. The zero-order valence-corrected chi connectivity index (χ0v) is 15.9. The molecule has 0 aliphatic heterocycles. The van der Waals surface area contributed by atoms with Gasteiger partial charge in [0, 0.05) is 6.54 Å². The van der Waals surface area contributed by atoms with Gasteiger partial charge in [-0.05, 0) is 48.7 Å². The van der Waals surface area contributed by atoms with Crippen molar-refractivity contribution in [2.45, 2.75) is 18.2 Å². The summed E-state index contributed by atoms with van der Waals surface area (Å²) in [5, 5.41) is 9.17. The van der Waals surface area contributed by atoms with Gasteiger partial charge in [-0.15, -0.1) is 0 Å². The van der Waals surface area contributed by atoms with Crippen molar-refractivity contribution in [1.82, 2.24) is 0 Å². The molecule has 27 heavy (non-hydrogen) atoms. The average molecular weight is 376 g/mol. The molecule has 3 rings (SSSR count). The Bertz CT molecular complexity index is 1060. The Labute approximate surface area is 160 Å². The topological polar surface area (TPSA) is 61.2 Å². The maximum absolute atomic E-state index is 13.5. The van der Waals surface area contributed by atoms with Crippen LogP contribution in [-0.2, 0) is 16.4 Å². The van der Waals surface area contributed by atoms with E-state index in [0.29, 0.717) is 29.8 Å². The van der Waals surface area contributed by atoms with Gasteiger partial charge in [0.05, 0.1) is 22.2 Å². The lowest BCUT2D eigenvalue weighted by atomic mass is 10.1. The van der Waals surface area contributed by atoms with Crippen LogP contribution in [0.25, 0.3) is 0 Å². The Morgan fingerprint density at radius 3 is 2.19 bits per heavy atom. The molecular formula is C22H20N2O2S. The second-order valence-corrected chi connectivity index (χ2v) is 8.07. The summed E-state index contributed by atoms with van der Waals surface area (Å²) >= 11 is 0. The van der Waals surface area contributed by atoms with Gasteiger partial charge in [0.1, 0.15) is 0 Å². The standard InChI is InChI=1S/C22H20N2O2S/c1-18-12-13-20(17-23)16-22(18)27(25,26)24(21-10-6-3-7-11-21)15-14-19-8-4-2-5-9-19/h2-13,16H,14-15H2,1H3. The highest BCUT2D eigenvalue weighted by Gasteiger charge is 2.26. The van der Waals surface area contributed by atoms with Crippen LogP contribution in [-0.4, -0.2) is 15.0 Å². The van der Waals surface area contributed by atoms with Gasteiger partial charge in [-0.2, -0.15) is 5.26 Å². The SMILES string of the molecule is Cc1ccc(C#N)cc1S(=O)(=O)N(CCc1ccccc1)c1ccccc1. The van der Waals surface area contributed by atoms with Crippen molar-refractivity contribution in [3.8, 4) is 6.07 Å². The molecule has 4 nitrogen and oxygen atoms in total. The molecule has 3 aromatic rings. The summed E-state index contributed by atoms with van der Waals surface area (Å²) in [7, 11) is -3.81. The van der Waals surface area contributed by atoms with E-state index in [1.807, 2.05) is 54.6 Å². The fourth-order valence-electron chi connectivity index (χ4n) is 2.92. The van der Waals surface area contributed by atoms with Crippen molar-refractivity contribution in [3.05, 3.63) is 95.6 Å². The number of aryl methyl sites for hydroxylation is 1. The molecule has 0 fully saturated rings. The third kappa shape index (κ3) is 4.18. The third-order valence-electron chi connectivity index (χ3n) is 4.38. The van der Waals surface area contributed by atoms with Crippen molar-refractivity contribution >= 4 is 15.7 Å². The monoisotopic (exact) mass is 376 g/mol. The van der Waals surface area contributed by atoms with E-state index in [1.54, 1.807) is 31.2 Å². The molecule has 3 aromatic carbocycles. The number of rotatable bonds is 6. The molecule has 0 aliphatic carbocycles. The molecule has 0 N–H and O–H groups in total. The lowest BCUT2D eigenvalue weighted by Crippen LogP contribution is -2.33. The predicted molar refractivity (Wildman–Crippen MR) is 107 cm³/mol. The highest BCUT2D eigenvalue weighted by molar-refractivity contribution is 7.92. The van der Waals surface area contributed by atoms with E-state index >= 15 is 0 Å². The maximum Gasteiger partial charge on any atom is 0.264 e. The van der Waals surface area contributed by atoms with Gasteiger partial charge in [-0.3, -0.25) is 4.31 Å². The van der Waals surface area contributed by atoms with Crippen LogP contribution >= 0.6 is 0 Å². The summed E-state index contributed by atoms with van der Waals surface area (Å²) in [5.74, 6) is 0. The maximum atomic E-state index is 13.5. The number of hydrogen-bond donors (Lipinski definition) is 0. The lowest BCUT2D eigenvalue weighted by molar-refractivity contribution is 0.590. The van der Waals surface area contributed by atoms with Crippen molar-refractivity contribution < 1.29 is 8.42 Å². The minimum Gasteiger partial charge on any atom is -0.266 e. The van der Waals surface area contributed by atoms with E-state index in [-0.39, 0.29) is 4.90 Å². The normalized spacial score (nSPS) is 11.0. The Morgan fingerprint density at radius 2 is 1.56 bits per heavy atom. The van der Waals surface area contributed by atoms with Gasteiger partial charge < -0.3 is 0 Å². The molecule has 136 valence electrons. The number of nitrogens with zero attached hydrogens (tertiary/aromatic N) is 2. The van der Waals surface area contributed by atoms with Gasteiger partial charge in [-0.25, -0.2) is 8.42 Å². The Balaban J connectivity index is 2.03. The molecule has 5 heteroatoms. The van der Waals surface area contributed by atoms with Gasteiger partial charge in [0.2, 0.25) is 0 Å². The fraction of sp³-hybridized carbons (Fsp3) is 0.136. The third-order valence-corrected chi connectivity index (χ3v) is 6.35. The number of nitriles is 1. The Morgan fingerprint density at radius 1 is 0.926 bits per heavy atom. The first-order valence-electron chi connectivity index (χ1n) is 8.65. The molecule has 0 bridgehead atoms. The second-order valence-electron chi connectivity index (χ2n) is 6.24. The van der Waals surface area contributed by atoms with Crippen molar-refractivity contribution in [3.63, 3.8) is 0 Å². The number of anilines is 1. The molecular weight excluding hydrogens is 356 g/mol. The molecule has 0 unspecified atom stereocenters. The van der Waals surface area contributed by atoms with Crippen LogP contribution < -0.4 is 4.31 Å². The summed E-state index contributed by atoms with van der Waals surface area (Å²) in [6.45, 7) is 2.06. The number of para-hydroxylation sites is 1. The molecule has 0 radical (unpaired) electrons. The fourth-order valence-corrected chi connectivity index (χ4v) is 4.64. The van der Waals surface area contributed by atoms with Gasteiger partial charge in [0.25, 0.3) is 10.0 Å². The van der Waals surface area contributed by atoms with Crippen molar-refractivity contribution in [2.75, 3.05) is 10.8 Å². The zero-order valence-electron chi connectivity index (χ0n) is 15.0. The minimum atomic E-state index is -3.81. The van der Waals surface area contributed by atoms with E-state index in [0.717, 1.165) is 5.56 Å². The smallest absolute Gasteiger partial charge is 0.264 e. The highest BCUT2D eigenvalue weighted by Crippen LogP contribution is 2.26. The van der Waals surface area contributed by atoms with Crippen LogP contribution in [0, 0.1) is 18.3 Å². The first-order chi connectivity index (χ1) is 13.0. The molecule has 0 saturated carbocycles. The highest BCUT2D eigenvalue weighted by atomic mass is 32.2. The van der Waals surface area contributed by atoms with Crippen LogP contribution in [0.2, 0.25) is 0 Å². The van der Waals surface area contributed by atoms with Crippen LogP contribution in [0.3, 0.4) is 0 Å². The summed E-state index contributed by atoms with van der Waals surface area (Å²) in [4.78, 5) is 0.165. The van der Waals surface area contributed by atoms with Crippen LogP contribution in [0.15, 0.2) is 83.8 Å². The van der Waals surface area contributed by atoms with Crippen molar-refractivity contribution in [2.24, 2.45) is 0 Å². The zero-order chi connectivity index (χ0) is 19.3. The van der Waals surface area contributed by atoms with Crippen LogP contribution in [0.4, 0.5) is 5.69 Å². The van der Waals surface area contributed by atoms with Crippen LogP contribution in [0.5, 0.6) is 0 Å². The second kappa shape index (κ2) is 8.07. The van der Waals surface area contributed by atoms with E-state index in [2.05, 4.69) is 0 Å². The van der Waals surface area contributed by atoms with E-state index in [4.69, 9.17) is 5.26 Å². The quantitative estimate of drug-likeness (QED) is 0.644. The summed E-state index contributed by atoms with van der Waals surface area (Å²) in [6.07, 6.45) is 0.589. The van der Waals surface area contributed by atoms with Crippen molar-refractivity contribution in [1.29, 1.82) is 5.26 Å². The van der Waals surface area contributed by atoms with Gasteiger partial charge in [-0.1, -0.05) is 54.6 Å². The van der Waals surface area contributed by atoms with E-state index in [9.17, 15) is 8.42 Å². The molecule has 0 spiro atoms. The van der Waals surface area contributed by atoms with Crippen LogP contribution in [0.1, 0.15) is 16.7 Å². The lowest BCUT2D eigenvalue weighted by Gasteiger charge is -2.25. The average Bonchev–Trinajstić information content (AvgIpc) is 2.70. The number of hydrogen-bond acceptors (Lipinski definition) is 3. The number of benzene rings is 3. The largest absolute Gasteiger partial charge is 0.266 e. The van der Waals surface area contributed by atoms with Gasteiger partial charge >= 0.3 is 0 Å². The molecule has 0 amide bonds.